The number of fused-ring (bicyclic) bond motifs is 1. The molecule has 0 aromatic carbocycles. The van der Waals surface area contributed by atoms with Crippen molar-refractivity contribution in [3.63, 3.8) is 0 Å². The van der Waals surface area contributed by atoms with Crippen molar-refractivity contribution in [2.24, 2.45) is 0 Å². The summed E-state index contributed by atoms with van der Waals surface area (Å²) in [7, 11) is 0. The van der Waals surface area contributed by atoms with Crippen LogP contribution in [0.1, 0.15) is 45.7 Å². The number of carbonyl (C=O) groups is 1. The van der Waals surface area contributed by atoms with E-state index in [-0.39, 0.29) is 5.78 Å². The lowest BCUT2D eigenvalue weighted by Crippen LogP contribution is -2.11. The van der Waals surface area contributed by atoms with Crippen LogP contribution in [0.15, 0.2) is 6.07 Å². The van der Waals surface area contributed by atoms with E-state index in [9.17, 15) is 4.79 Å². The molecule has 5 heteroatoms. The first-order chi connectivity index (χ1) is 9.49. The van der Waals surface area contributed by atoms with Gasteiger partial charge in [-0.1, -0.05) is 0 Å². The SMILES string of the molecule is Cc1cc(C(=O)C(C)Cl)c(C)n1-c1nc2c(s1)CCC2. The Hall–Kier alpha value is -1.13. The number of Topliss-reactive ketones (excluding diaryl/α,β-unsaturated/α-hetero) is 1. The van der Waals surface area contributed by atoms with Gasteiger partial charge >= 0.3 is 0 Å². The van der Waals surface area contributed by atoms with Crippen LogP contribution in [0.2, 0.25) is 0 Å². The van der Waals surface area contributed by atoms with E-state index in [1.165, 1.54) is 17.0 Å². The molecular formula is C15H17ClN2OS. The van der Waals surface area contributed by atoms with Gasteiger partial charge in [0.25, 0.3) is 0 Å². The molecule has 2 aromatic heterocycles. The number of nitrogens with zero attached hydrogens (tertiary/aromatic N) is 2. The van der Waals surface area contributed by atoms with E-state index in [4.69, 9.17) is 16.6 Å². The molecule has 0 radical (unpaired) electrons. The Morgan fingerprint density at radius 2 is 2.20 bits per heavy atom. The maximum atomic E-state index is 12.1. The van der Waals surface area contributed by atoms with E-state index in [2.05, 4.69) is 4.57 Å². The van der Waals surface area contributed by atoms with Gasteiger partial charge in [-0.3, -0.25) is 9.36 Å². The summed E-state index contributed by atoms with van der Waals surface area (Å²) in [6.07, 6.45) is 3.43. The molecule has 0 saturated carbocycles. The Balaban J connectivity index is 2.07. The second-order valence-corrected chi connectivity index (χ2v) is 7.04. The summed E-state index contributed by atoms with van der Waals surface area (Å²) in [5, 5.41) is 0.483. The van der Waals surface area contributed by atoms with Crippen LogP contribution in [0, 0.1) is 13.8 Å². The predicted octanol–water partition coefficient (Wildman–Crippen LogP) is 3.85. The van der Waals surface area contributed by atoms with Crippen LogP contribution in [0.3, 0.4) is 0 Å². The predicted molar refractivity (Wildman–Crippen MR) is 82.6 cm³/mol. The van der Waals surface area contributed by atoms with E-state index in [0.29, 0.717) is 5.56 Å². The molecule has 3 rings (SSSR count). The zero-order valence-corrected chi connectivity index (χ0v) is 13.4. The molecule has 3 nitrogen and oxygen atoms in total. The molecule has 20 heavy (non-hydrogen) atoms. The Kier molecular flexibility index (Phi) is 3.46. The number of hydrogen-bond acceptors (Lipinski definition) is 3. The fraction of sp³-hybridized carbons (Fsp3) is 0.467. The molecule has 0 N–H and O–H groups in total. The van der Waals surface area contributed by atoms with Crippen LogP contribution in [0.25, 0.3) is 5.13 Å². The molecule has 0 fully saturated rings. The van der Waals surface area contributed by atoms with Gasteiger partial charge in [0.1, 0.15) is 0 Å². The lowest BCUT2D eigenvalue weighted by molar-refractivity contribution is 0.0991. The molecule has 0 spiro atoms. The molecule has 0 aliphatic heterocycles. The van der Waals surface area contributed by atoms with Gasteiger partial charge in [0.15, 0.2) is 10.9 Å². The number of thiazole rings is 1. The number of rotatable bonds is 3. The Morgan fingerprint density at radius 3 is 2.85 bits per heavy atom. The average molecular weight is 309 g/mol. The third-order valence-electron chi connectivity index (χ3n) is 3.83. The molecule has 1 aliphatic rings. The zero-order chi connectivity index (χ0) is 14.4. The summed E-state index contributed by atoms with van der Waals surface area (Å²) in [5.74, 6) is -0.0184. The highest BCUT2D eigenvalue weighted by atomic mass is 35.5. The molecular weight excluding hydrogens is 292 g/mol. The van der Waals surface area contributed by atoms with Crippen molar-refractivity contribution in [3.8, 4) is 5.13 Å². The monoisotopic (exact) mass is 308 g/mol. The number of carbonyl (C=O) groups excluding carboxylic acids is 1. The topological polar surface area (TPSA) is 34.9 Å². The van der Waals surface area contributed by atoms with Crippen molar-refractivity contribution in [1.29, 1.82) is 0 Å². The van der Waals surface area contributed by atoms with Crippen molar-refractivity contribution in [3.05, 3.63) is 33.6 Å². The van der Waals surface area contributed by atoms with Crippen LogP contribution in [-0.2, 0) is 12.8 Å². The van der Waals surface area contributed by atoms with Crippen LogP contribution < -0.4 is 0 Å². The summed E-state index contributed by atoms with van der Waals surface area (Å²) in [6.45, 7) is 5.69. The normalized spacial score (nSPS) is 15.4. The van der Waals surface area contributed by atoms with Gasteiger partial charge in [-0.05, 0) is 46.1 Å². The lowest BCUT2D eigenvalue weighted by Gasteiger charge is -2.06. The Bertz CT molecular complexity index is 663. The van der Waals surface area contributed by atoms with E-state index >= 15 is 0 Å². The average Bonchev–Trinajstić information content (AvgIpc) is 3.01. The third-order valence-corrected chi connectivity index (χ3v) is 5.17. The number of aromatic nitrogens is 2. The minimum Gasteiger partial charge on any atom is -0.294 e. The molecule has 2 aromatic rings. The summed E-state index contributed by atoms with van der Waals surface area (Å²) in [4.78, 5) is 18.3. The molecule has 0 saturated heterocycles. The lowest BCUT2D eigenvalue weighted by atomic mass is 10.1. The number of aryl methyl sites for hydroxylation is 3. The summed E-state index contributed by atoms with van der Waals surface area (Å²) >= 11 is 7.68. The maximum absolute atomic E-state index is 12.1. The quantitative estimate of drug-likeness (QED) is 0.637. The number of halogens is 1. The van der Waals surface area contributed by atoms with Gasteiger partial charge < -0.3 is 0 Å². The van der Waals surface area contributed by atoms with Crippen molar-refractivity contribution in [2.45, 2.75) is 45.4 Å². The van der Waals surface area contributed by atoms with Gasteiger partial charge in [0.05, 0.1) is 11.1 Å². The Labute approximate surface area is 127 Å². The van der Waals surface area contributed by atoms with Crippen LogP contribution in [-0.4, -0.2) is 20.7 Å². The van der Waals surface area contributed by atoms with Crippen LogP contribution >= 0.6 is 22.9 Å². The molecule has 1 unspecified atom stereocenters. The summed E-state index contributed by atoms with van der Waals surface area (Å²) in [6, 6.07) is 1.92. The van der Waals surface area contributed by atoms with Crippen molar-refractivity contribution < 1.29 is 4.79 Å². The zero-order valence-electron chi connectivity index (χ0n) is 11.9. The smallest absolute Gasteiger partial charge is 0.194 e. The van der Waals surface area contributed by atoms with Crippen molar-refractivity contribution in [1.82, 2.24) is 9.55 Å². The van der Waals surface area contributed by atoms with E-state index in [0.717, 1.165) is 29.4 Å². The van der Waals surface area contributed by atoms with Gasteiger partial charge in [-0.2, -0.15) is 0 Å². The first-order valence-electron chi connectivity index (χ1n) is 6.85. The van der Waals surface area contributed by atoms with Crippen molar-refractivity contribution >= 4 is 28.7 Å². The first-order valence-corrected chi connectivity index (χ1v) is 8.10. The molecule has 0 bridgehead atoms. The minimum absolute atomic E-state index is 0.0184. The second kappa shape index (κ2) is 5.01. The van der Waals surface area contributed by atoms with Crippen LogP contribution in [0.5, 0.6) is 0 Å². The number of hydrogen-bond donors (Lipinski definition) is 0. The highest BCUT2D eigenvalue weighted by Gasteiger charge is 2.23. The van der Waals surface area contributed by atoms with E-state index in [1.54, 1.807) is 18.3 Å². The second-order valence-electron chi connectivity index (χ2n) is 5.32. The van der Waals surface area contributed by atoms with Gasteiger partial charge in [-0.25, -0.2) is 4.98 Å². The molecule has 2 heterocycles. The summed E-state index contributed by atoms with van der Waals surface area (Å²) < 4.78 is 2.08. The number of alkyl halides is 1. The van der Waals surface area contributed by atoms with Gasteiger partial charge in [-0.15, -0.1) is 22.9 Å². The molecule has 1 atom stereocenters. The minimum atomic E-state index is -0.495. The molecule has 0 amide bonds. The van der Waals surface area contributed by atoms with Crippen LogP contribution in [0.4, 0.5) is 0 Å². The maximum Gasteiger partial charge on any atom is 0.194 e. The van der Waals surface area contributed by atoms with E-state index < -0.39 is 5.38 Å². The highest BCUT2D eigenvalue weighted by molar-refractivity contribution is 7.14. The van der Waals surface area contributed by atoms with E-state index in [1.807, 2.05) is 19.9 Å². The fourth-order valence-electron chi connectivity index (χ4n) is 2.79. The Morgan fingerprint density at radius 1 is 1.45 bits per heavy atom. The molecule has 1 aliphatic carbocycles. The highest BCUT2D eigenvalue weighted by Crippen LogP contribution is 2.32. The van der Waals surface area contributed by atoms with Crippen molar-refractivity contribution in [2.75, 3.05) is 0 Å². The van der Waals surface area contributed by atoms with Gasteiger partial charge in [0.2, 0.25) is 0 Å². The third kappa shape index (κ3) is 2.11. The molecule has 106 valence electrons. The fourth-order valence-corrected chi connectivity index (χ4v) is 4.17. The standard InChI is InChI=1S/C15H17ClN2OS/c1-8-7-11(14(19)9(2)16)10(3)18(8)15-17-12-5-4-6-13(12)20-15/h7,9H,4-6H2,1-3H3. The van der Waals surface area contributed by atoms with Gasteiger partial charge in [0, 0.05) is 21.8 Å². The largest absolute Gasteiger partial charge is 0.294 e. The first kappa shape index (κ1) is 13.8. The number of ketones is 1. The summed E-state index contributed by atoms with van der Waals surface area (Å²) in [5.41, 5.74) is 3.92.